The molecule has 0 spiro atoms. The molecule has 0 unspecified atom stereocenters. The molecule has 1 aromatic rings. The second-order valence-electron chi connectivity index (χ2n) is 4.21. The van der Waals surface area contributed by atoms with Gasteiger partial charge in [0.2, 0.25) is 0 Å². The topological polar surface area (TPSA) is 23.8 Å². The molecule has 0 heterocycles. The minimum absolute atomic E-state index is 0.357. The summed E-state index contributed by atoms with van der Waals surface area (Å²) in [7, 11) is 0. The minimum Gasteiger partial charge on any atom is -0.207 e. The molecule has 0 saturated heterocycles. The summed E-state index contributed by atoms with van der Waals surface area (Å²) in [6, 6.07) is 3.55. The number of rotatable bonds is 1. The first kappa shape index (κ1) is 12.0. The summed E-state index contributed by atoms with van der Waals surface area (Å²) in [6.07, 6.45) is 0. The largest absolute Gasteiger partial charge is 0.207 e. The van der Waals surface area contributed by atoms with Crippen molar-refractivity contribution in [1.82, 2.24) is 0 Å². The van der Waals surface area contributed by atoms with Crippen LogP contribution in [0.1, 0.15) is 30.5 Å². The molecule has 0 aliphatic rings. The average Bonchev–Trinajstić information content (AvgIpc) is 2.20. The van der Waals surface area contributed by atoms with E-state index in [1.807, 2.05) is 6.92 Å². The fraction of sp³-hybridized carbons (Fsp3) is 0.417. The molecule has 0 atom stereocenters. The summed E-state index contributed by atoms with van der Waals surface area (Å²) in [6.45, 7) is 6.94. The fourth-order valence-corrected chi connectivity index (χ4v) is 1.75. The van der Waals surface area contributed by atoms with Crippen molar-refractivity contribution >= 4 is 11.6 Å². The van der Waals surface area contributed by atoms with E-state index in [1.54, 1.807) is 20.8 Å². The maximum Gasteiger partial charge on any atom is 0.127 e. The van der Waals surface area contributed by atoms with Gasteiger partial charge in [-0.15, -0.1) is 0 Å². The molecule has 0 aliphatic carbocycles. The van der Waals surface area contributed by atoms with Gasteiger partial charge in [0.1, 0.15) is 5.82 Å². The molecule has 0 amide bonds. The molecular weight excluding hydrogens is 213 g/mol. The van der Waals surface area contributed by atoms with Crippen LogP contribution >= 0.6 is 11.6 Å². The summed E-state index contributed by atoms with van der Waals surface area (Å²) in [5.41, 5.74) is 1.15. The smallest absolute Gasteiger partial charge is 0.127 e. The van der Waals surface area contributed by atoms with E-state index < -0.39 is 5.41 Å². The summed E-state index contributed by atoms with van der Waals surface area (Å²) < 4.78 is 13.5. The van der Waals surface area contributed by atoms with Gasteiger partial charge in [0.25, 0.3) is 0 Å². The van der Waals surface area contributed by atoms with Gasteiger partial charge in [0.05, 0.1) is 11.5 Å². The third kappa shape index (κ3) is 1.98. The maximum absolute atomic E-state index is 13.5. The quantitative estimate of drug-likeness (QED) is 0.711. The van der Waals surface area contributed by atoms with Crippen LogP contribution in [-0.4, -0.2) is 0 Å². The molecule has 0 aromatic heterocycles. The van der Waals surface area contributed by atoms with E-state index in [-0.39, 0.29) is 5.82 Å². The Hall–Kier alpha value is -1.07. The normalized spacial score (nSPS) is 11.3. The zero-order valence-corrected chi connectivity index (χ0v) is 10.0. The van der Waals surface area contributed by atoms with E-state index in [0.29, 0.717) is 16.1 Å². The predicted molar refractivity (Wildman–Crippen MR) is 59.5 cm³/mol. The molecule has 0 bridgehead atoms. The Morgan fingerprint density at radius 1 is 1.33 bits per heavy atom. The summed E-state index contributed by atoms with van der Waals surface area (Å²) in [5, 5.41) is 9.42. The van der Waals surface area contributed by atoms with Crippen molar-refractivity contribution in [2.75, 3.05) is 0 Å². The molecule has 15 heavy (non-hydrogen) atoms. The van der Waals surface area contributed by atoms with E-state index in [1.165, 1.54) is 6.07 Å². The lowest BCUT2D eigenvalue weighted by molar-refractivity contribution is 0.602. The van der Waals surface area contributed by atoms with Gasteiger partial charge < -0.3 is 0 Å². The van der Waals surface area contributed by atoms with Crippen LogP contribution in [0, 0.1) is 31.0 Å². The van der Waals surface area contributed by atoms with Crippen molar-refractivity contribution in [2.24, 2.45) is 0 Å². The SMILES string of the molecule is Cc1c(F)cc(C(C)(C)C#N)c(C)c1Cl. The lowest BCUT2D eigenvalue weighted by Crippen LogP contribution is -2.16. The van der Waals surface area contributed by atoms with Crippen LogP contribution in [0.25, 0.3) is 0 Å². The highest BCUT2D eigenvalue weighted by molar-refractivity contribution is 6.32. The van der Waals surface area contributed by atoms with Crippen LogP contribution in [-0.2, 0) is 5.41 Å². The van der Waals surface area contributed by atoms with Gasteiger partial charge in [-0.3, -0.25) is 0 Å². The lowest BCUT2D eigenvalue weighted by atomic mass is 9.83. The highest BCUT2D eigenvalue weighted by Gasteiger charge is 2.25. The van der Waals surface area contributed by atoms with Crippen molar-refractivity contribution in [1.29, 1.82) is 5.26 Å². The Morgan fingerprint density at radius 3 is 2.33 bits per heavy atom. The fourth-order valence-electron chi connectivity index (χ4n) is 1.56. The molecule has 1 rings (SSSR count). The Morgan fingerprint density at radius 2 is 1.87 bits per heavy atom. The van der Waals surface area contributed by atoms with E-state index in [9.17, 15) is 4.39 Å². The van der Waals surface area contributed by atoms with Crippen molar-refractivity contribution in [3.05, 3.63) is 33.6 Å². The summed E-state index contributed by atoms with van der Waals surface area (Å²) >= 11 is 6.00. The van der Waals surface area contributed by atoms with E-state index in [0.717, 1.165) is 5.56 Å². The molecule has 0 aliphatic heterocycles. The van der Waals surface area contributed by atoms with Crippen molar-refractivity contribution in [3.63, 3.8) is 0 Å². The standard InChI is InChI=1S/C12H13ClFN/c1-7-9(12(3,4)6-15)5-10(14)8(2)11(7)13/h5H,1-4H3. The van der Waals surface area contributed by atoms with Gasteiger partial charge in [-0.25, -0.2) is 4.39 Å². The Bertz CT molecular complexity index is 444. The molecule has 80 valence electrons. The van der Waals surface area contributed by atoms with Gasteiger partial charge in [-0.05, 0) is 44.9 Å². The highest BCUT2D eigenvalue weighted by atomic mass is 35.5. The first-order chi connectivity index (χ1) is 6.81. The molecule has 0 N–H and O–H groups in total. The van der Waals surface area contributed by atoms with Crippen LogP contribution in [0.2, 0.25) is 5.02 Å². The number of hydrogen-bond donors (Lipinski definition) is 0. The molecule has 0 radical (unpaired) electrons. The van der Waals surface area contributed by atoms with E-state index in [2.05, 4.69) is 6.07 Å². The minimum atomic E-state index is -0.720. The van der Waals surface area contributed by atoms with Crippen molar-refractivity contribution in [3.8, 4) is 6.07 Å². The second-order valence-corrected chi connectivity index (χ2v) is 4.58. The van der Waals surface area contributed by atoms with Crippen LogP contribution in [0.5, 0.6) is 0 Å². The van der Waals surface area contributed by atoms with E-state index in [4.69, 9.17) is 16.9 Å². The van der Waals surface area contributed by atoms with Gasteiger partial charge in [0.15, 0.2) is 0 Å². The van der Waals surface area contributed by atoms with Crippen LogP contribution in [0.3, 0.4) is 0 Å². The van der Waals surface area contributed by atoms with Gasteiger partial charge in [-0.2, -0.15) is 5.26 Å². The summed E-state index contributed by atoms with van der Waals surface area (Å²) in [5.74, 6) is -0.357. The summed E-state index contributed by atoms with van der Waals surface area (Å²) in [4.78, 5) is 0. The Balaban J connectivity index is 3.54. The molecule has 1 aromatic carbocycles. The van der Waals surface area contributed by atoms with Gasteiger partial charge in [0, 0.05) is 10.6 Å². The molecule has 1 nitrogen and oxygen atoms in total. The Labute approximate surface area is 94.5 Å². The first-order valence-corrected chi connectivity index (χ1v) is 5.06. The zero-order valence-electron chi connectivity index (χ0n) is 9.28. The monoisotopic (exact) mass is 225 g/mol. The van der Waals surface area contributed by atoms with Crippen molar-refractivity contribution < 1.29 is 4.39 Å². The van der Waals surface area contributed by atoms with Gasteiger partial charge in [-0.1, -0.05) is 11.6 Å². The molecule has 3 heteroatoms. The van der Waals surface area contributed by atoms with Gasteiger partial charge >= 0.3 is 0 Å². The van der Waals surface area contributed by atoms with Crippen LogP contribution in [0.4, 0.5) is 4.39 Å². The number of halogens is 2. The number of hydrogen-bond acceptors (Lipinski definition) is 1. The lowest BCUT2D eigenvalue weighted by Gasteiger charge is -2.20. The third-order valence-corrected chi connectivity index (χ3v) is 3.21. The molecular formula is C12H13ClFN. The highest BCUT2D eigenvalue weighted by Crippen LogP contribution is 2.33. The Kier molecular flexibility index (Phi) is 3.06. The molecule has 0 saturated carbocycles. The number of nitrogens with zero attached hydrogens (tertiary/aromatic N) is 1. The first-order valence-electron chi connectivity index (χ1n) is 4.68. The molecule has 0 fully saturated rings. The van der Waals surface area contributed by atoms with E-state index >= 15 is 0 Å². The maximum atomic E-state index is 13.5. The zero-order chi connectivity index (χ0) is 11.8. The second kappa shape index (κ2) is 3.83. The average molecular weight is 226 g/mol. The number of nitriles is 1. The van der Waals surface area contributed by atoms with Crippen LogP contribution < -0.4 is 0 Å². The number of benzene rings is 1. The third-order valence-electron chi connectivity index (χ3n) is 2.64. The van der Waals surface area contributed by atoms with Crippen molar-refractivity contribution in [2.45, 2.75) is 33.1 Å². The van der Waals surface area contributed by atoms with Crippen LogP contribution in [0.15, 0.2) is 6.07 Å². The predicted octanol–water partition coefficient (Wildman–Crippen LogP) is 3.90.